The van der Waals surface area contributed by atoms with Crippen molar-refractivity contribution in [3.05, 3.63) is 40.8 Å². The third-order valence-electron chi connectivity index (χ3n) is 4.26. The summed E-state index contributed by atoms with van der Waals surface area (Å²) in [6.07, 6.45) is 0. The Morgan fingerprint density at radius 1 is 1.13 bits per heavy atom. The van der Waals surface area contributed by atoms with Crippen LogP contribution in [0.3, 0.4) is 0 Å². The van der Waals surface area contributed by atoms with Gasteiger partial charge in [-0.1, -0.05) is 11.6 Å². The van der Waals surface area contributed by atoms with E-state index in [0.29, 0.717) is 5.15 Å². The second-order valence-corrected chi connectivity index (χ2v) is 6.40. The number of aromatic nitrogens is 1. The Hall–Kier alpha value is -1.85. The third-order valence-corrected chi connectivity index (χ3v) is 4.46. The topological polar surface area (TPSA) is 45.4 Å². The molecule has 4 nitrogen and oxygen atoms in total. The Labute approximate surface area is 140 Å². The van der Waals surface area contributed by atoms with E-state index in [4.69, 9.17) is 17.3 Å². The Morgan fingerprint density at radius 2 is 1.83 bits per heavy atom. The number of nitrogens with zero attached hydrogens (tertiary/aromatic N) is 3. The van der Waals surface area contributed by atoms with Crippen LogP contribution < -0.4 is 10.6 Å². The van der Waals surface area contributed by atoms with Crippen LogP contribution in [-0.2, 0) is 0 Å². The second kappa shape index (κ2) is 6.34. The Morgan fingerprint density at radius 3 is 2.52 bits per heavy atom. The first kappa shape index (κ1) is 16.0. The Balaban J connectivity index is 1.99. The summed E-state index contributed by atoms with van der Waals surface area (Å²) in [5.41, 5.74) is 8.47. The van der Waals surface area contributed by atoms with Crippen molar-refractivity contribution in [1.29, 1.82) is 0 Å². The first-order chi connectivity index (χ1) is 10.9. The van der Waals surface area contributed by atoms with Gasteiger partial charge in [-0.05, 0) is 54.9 Å². The van der Waals surface area contributed by atoms with Gasteiger partial charge in [-0.25, -0.2) is 9.37 Å². The highest BCUT2D eigenvalue weighted by atomic mass is 35.5. The molecular weight excluding hydrogens is 315 g/mol. The minimum absolute atomic E-state index is 0.139. The molecule has 0 unspecified atom stereocenters. The van der Waals surface area contributed by atoms with Crippen molar-refractivity contribution in [3.63, 3.8) is 0 Å². The minimum Gasteiger partial charge on any atom is -0.396 e. The van der Waals surface area contributed by atoms with E-state index in [0.717, 1.165) is 48.7 Å². The maximum absolute atomic E-state index is 13.6. The number of piperazine rings is 1. The maximum Gasteiger partial charge on any atom is 0.146 e. The van der Waals surface area contributed by atoms with Crippen LogP contribution in [0.5, 0.6) is 0 Å². The van der Waals surface area contributed by atoms with E-state index >= 15 is 0 Å². The van der Waals surface area contributed by atoms with Crippen LogP contribution in [0, 0.1) is 12.7 Å². The molecule has 0 bridgehead atoms. The Kier molecular flexibility index (Phi) is 4.41. The summed E-state index contributed by atoms with van der Waals surface area (Å²) in [4.78, 5) is 8.95. The fourth-order valence-corrected chi connectivity index (χ4v) is 3.04. The van der Waals surface area contributed by atoms with Gasteiger partial charge in [-0.15, -0.1) is 0 Å². The summed E-state index contributed by atoms with van der Waals surface area (Å²) in [5, 5.41) is 0.429. The fraction of sp³-hybridized carbons (Fsp3) is 0.353. The highest BCUT2D eigenvalue weighted by Crippen LogP contribution is 2.31. The zero-order valence-electron chi connectivity index (χ0n) is 13.3. The average molecular weight is 335 g/mol. The molecule has 0 aliphatic carbocycles. The van der Waals surface area contributed by atoms with Gasteiger partial charge in [-0.3, -0.25) is 0 Å². The molecule has 1 aromatic carbocycles. The van der Waals surface area contributed by atoms with Crippen molar-refractivity contribution in [2.75, 3.05) is 43.9 Å². The van der Waals surface area contributed by atoms with Crippen LogP contribution in [0.25, 0.3) is 11.1 Å². The molecule has 1 aromatic heterocycles. The van der Waals surface area contributed by atoms with Gasteiger partial charge in [0.1, 0.15) is 16.8 Å². The summed E-state index contributed by atoms with van der Waals surface area (Å²) in [6, 6.07) is 6.90. The van der Waals surface area contributed by atoms with Crippen molar-refractivity contribution < 1.29 is 4.39 Å². The van der Waals surface area contributed by atoms with Crippen LogP contribution in [0.4, 0.5) is 15.9 Å². The van der Waals surface area contributed by atoms with E-state index in [-0.39, 0.29) is 5.69 Å². The summed E-state index contributed by atoms with van der Waals surface area (Å²) >= 11 is 6.22. The van der Waals surface area contributed by atoms with E-state index in [2.05, 4.69) is 21.8 Å². The van der Waals surface area contributed by atoms with E-state index in [9.17, 15) is 4.39 Å². The zero-order chi connectivity index (χ0) is 16.6. The molecule has 1 fully saturated rings. The molecule has 1 saturated heterocycles. The van der Waals surface area contributed by atoms with E-state index in [1.165, 1.54) is 6.07 Å². The summed E-state index contributed by atoms with van der Waals surface area (Å²) in [7, 11) is 2.11. The van der Waals surface area contributed by atoms with Gasteiger partial charge in [0.25, 0.3) is 0 Å². The molecule has 0 atom stereocenters. The van der Waals surface area contributed by atoms with Crippen LogP contribution in [0.2, 0.25) is 5.15 Å². The average Bonchev–Trinajstić information content (AvgIpc) is 2.51. The van der Waals surface area contributed by atoms with Crippen molar-refractivity contribution in [1.82, 2.24) is 9.88 Å². The van der Waals surface area contributed by atoms with E-state index < -0.39 is 5.82 Å². The predicted octanol–water partition coefficient (Wildman–Crippen LogP) is 3.18. The lowest BCUT2D eigenvalue weighted by molar-refractivity contribution is 0.312. The second-order valence-electron chi connectivity index (χ2n) is 6.02. The quantitative estimate of drug-likeness (QED) is 0.677. The smallest absolute Gasteiger partial charge is 0.146 e. The zero-order valence-corrected chi connectivity index (χ0v) is 14.1. The number of halogens is 2. The molecule has 0 spiro atoms. The monoisotopic (exact) mass is 334 g/mol. The number of benzene rings is 1. The van der Waals surface area contributed by atoms with Crippen molar-refractivity contribution in [2.24, 2.45) is 0 Å². The first-order valence-corrected chi connectivity index (χ1v) is 7.99. The fourth-order valence-electron chi connectivity index (χ4n) is 2.84. The summed E-state index contributed by atoms with van der Waals surface area (Å²) < 4.78 is 13.6. The lowest BCUT2D eigenvalue weighted by Gasteiger charge is -2.33. The van der Waals surface area contributed by atoms with E-state index in [1.807, 2.05) is 13.0 Å². The van der Waals surface area contributed by atoms with Crippen LogP contribution in [0.1, 0.15) is 5.56 Å². The van der Waals surface area contributed by atoms with E-state index in [1.54, 1.807) is 12.1 Å². The van der Waals surface area contributed by atoms with Gasteiger partial charge in [0.2, 0.25) is 0 Å². The molecule has 0 saturated carbocycles. The molecule has 0 amide bonds. The van der Waals surface area contributed by atoms with Gasteiger partial charge in [-0.2, -0.15) is 0 Å². The van der Waals surface area contributed by atoms with Crippen LogP contribution in [-0.4, -0.2) is 43.1 Å². The number of pyridine rings is 1. The van der Waals surface area contributed by atoms with Crippen molar-refractivity contribution >= 4 is 23.1 Å². The SMILES string of the molecule is Cc1cc(F)c(N)cc1-c1cc(Cl)nc(N2CCN(C)CC2)c1. The highest BCUT2D eigenvalue weighted by molar-refractivity contribution is 6.29. The predicted molar refractivity (Wildman–Crippen MR) is 93.5 cm³/mol. The van der Waals surface area contributed by atoms with Gasteiger partial charge < -0.3 is 15.5 Å². The van der Waals surface area contributed by atoms with Gasteiger partial charge in [0, 0.05) is 26.2 Å². The molecule has 2 N–H and O–H groups in total. The molecule has 122 valence electrons. The molecule has 1 aliphatic heterocycles. The molecule has 1 aliphatic rings. The summed E-state index contributed by atoms with van der Waals surface area (Å²) in [5.74, 6) is 0.452. The molecule has 0 radical (unpaired) electrons. The number of likely N-dealkylation sites (N-methyl/N-ethyl adjacent to an activating group) is 1. The number of nitrogens with two attached hydrogens (primary N) is 1. The normalized spacial score (nSPS) is 15.9. The van der Waals surface area contributed by atoms with Gasteiger partial charge in [0.15, 0.2) is 0 Å². The number of hydrogen-bond donors (Lipinski definition) is 1. The van der Waals surface area contributed by atoms with Crippen molar-refractivity contribution in [3.8, 4) is 11.1 Å². The van der Waals surface area contributed by atoms with Crippen LogP contribution in [0.15, 0.2) is 24.3 Å². The molecular formula is C17H20ClFN4. The first-order valence-electron chi connectivity index (χ1n) is 7.61. The third kappa shape index (κ3) is 3.41. The highest BCUT2D eigenvalue weighted by Gasteiger charge is 2.17. The number of hydrogen-bond acceptors (Lipinski definition) is 4. The van der Waals surface area contributed by atoms with Gasteiger partial charge in [0.05, 0.1) is 5.69 Å². The number of aryl methyl sites for hydroxylation is 1. The lowest BCUT2D eigenvalue weighted by Crippen LogP contribution is -2.44. The number of nitrogen functional groups attached to an aromatic ring is 1. The van der Waals surface area contributed by atoms with Gasteiger partial charge >= 0.3 is 0 Å². The number of rotatable bonds is 2. The van der Waals surface area contributed by atoms with Crippen molar-refractivity contribution in [2.45, 2.75) is 6.92 Å². The molecule has 3 rings (SSSR count). The largest absolute Gasteiger partial charge is 0.396 e. The Bertz CT molecular complexity index is 727. The molecule has 2 heterocycles. The molecule has 2 aromatic rings. The lowest BCUT2D eigenvalue weighted by atomic mass is 10.0. The minimum atomic E-state index is -0.398. The molecule has 6 heteroatoms. The maximum atomic E-state index is 13.6. The summed E-state index contributed by atoms with van der Waals surface area (Å²) in [6.45, 7) is 5.67. The molecule has 23 heavy (non-hydrogen) atoms. The van der Waals surface area contributed by atoms with Crippen LogP contribution >= 0.6 is 11.6 Å². The standard InChI is InChI=1S/C17H20ClFN4/c1-11-7-14(19)15(20)10-13(11)12-8-16(18)21-17(9-12)23-5-3-22(2)4-6-23/h7-10H,3-6,20H2,1-2H3. The number of anilines is 2.